The van der Waals surface area contributed by atoms with Crippen LogP contribution in [0.1, 0.15) is 18.4 Å². The first-order valence-electron chi connectivity index (χ1n) is 7.47. The number of amides is 1. The van der Waals surface area contributed by atoms with Crippen molar-refractivity contribution in [3.63, 3.8) is 0 Å². The number of benzene rings is 1. The second-order valence-corrected chi connectivity index (χ2v) is 5.55. The summed E-state index contributed by atoms with van der Waals surface area (Å²) in [5, 5.41) is 24.7. The molecule has 5 N–H and O–H groups in total. The van der Waals surface area contributed by atoms with Crippen LogP contribution in [0.2, 0.25) is 0 Å². The smallest absolute Gasteiger partial charge is 0.279 e. The second kappa shape index (κ2) is 7.60. The number of fused-ring (bicyclic) bond motifs is 1. The Hall–Kier alpha value is -2.87. The van der Waals surface area contributed by atoms with Crippen molar-refractivity contribution in [3.05, 3.63) is 36.0 Å². The number of aliphatic carboxylic acids is 2. The van der Waals surface area contributed by atoms with Crippen molar-refractivity contribution < 1.29 is 30.3 Å². The number of nitrogens with one attached hydrogen (secondary N) is 2. The quantitative estimate of drug-likeness (QED) is 0.473. The summed E-state index contributed by atoms with van der Waals surface area (Å²) in [5.41, 5.74) is 5.58. The first kappa shape index (κ1) is 17.5. The summed E-state index contributed by atoms with van der Waals surface area (Å²) in [6.07, 6.45) is 1.32. The van der Waals surface area contributed by atoms with E-state index in [-0.39, 0.29) is 6.42 Å². The van der Waals surface area contributed by atoms with E-state index in [1.807, 2.05) is 24.3 Å². The number of aromatic nitrogens is 1. The molecule has 2 atom stereocenters. The summed E-state index contributed by atoms with van der Waals surface area (Å²) in [4.78, 5) is 36.6. The third-order valence-corrected chi connectivity index (χ3v) is 3.75. The van der Waals surface area contributed by atoms with Gasteiger partial charge in [0.25, 0.3) is 5.91 Å². The van der Waals surface area contributed by atoms with E-state index in [1.165, 1.54) is 0 Å². The van der Waals surface area contributed by atoms with Crippen LogP contribution in [0, 0.1) is 0 Å². The van der Waals surface area contributed by atoms with Crippen molar-refractivity contribution in [2.24, 2.45) is 0 Å². The lowest BCUT2D eigenvalue weighted by Crippen LogP contribution is -2.69. The third kappa shape index (κ3) is 4.32. The molecule has 24 heavy (non-hydrogen) atoms. The lowest BCUT2D eigenvalue weighted by Gasteiger charge is -2.21. The van der Waals surface area contributed by atoms with Gasteiger partial charge >= 0.3 is 0 Å². The fourth-order valence-corrected chi connectivity index (χ4v) is 2.46. The summed E-state index contributed by atoms with van der Waals surface area (Å²) in [6, 6.07) is 5.47. The number of rotatable bonds is 8. The van der Waals surface area contributed by atoms with Gasteiger partial charge in [-0.3, -0.25) is 4.79 Å². The van der Waals surface area contributed by atoms with Gasteiger partial charge in [0.1, 0.15) is 0 Å². The zero-order valence-corrected chi connectivity index (χ0v) is 12.9. The Balaban J connectivity index is 2.00. The highest BCUT2D eigenvalue weighted by atomic mass is 16.4. The topological polar surface area (TPSA) is 153 Å². The van der Waals surface area contributed by atoms with Gasteiger partial charge in [-0.1, -0.05) is 18.2 Å². The maximum Gasteiger partial charge on any atom is 0.279 e. The van der Waals surface area contributed by atoms with Gasteiger partial charge in [-0.2, -0.15) is 0 Å². The normalized spacial score (nSPS) is 13.4. The summed E-state index contributed by atoms with van der Waals surface area (Å²) < 4.78 is 0. The Labute approximate surface area is 137 Å². The second-order valence-electron chi connectivity index (χ2n) is 5.55. The van der Waals surface area contributed by atoms with Crippen LogP contribution in [0.25, 0.3) is 10.9 Å². The number of carbonyl (C=O) groups excluding carboxylic acids is 3. The Kier molecular flexibility index (Phi) is 5.54. The van der Waals surface area contributed by atoms with E-state index < -0.39 is 36.4 Å². The van der Waals surface area contributed by atoms with Crippen molar-refractivity contribution >= 4 is 28.7 Å². The molecule has 1 amide bonds. The van der Waals surface area contributed by atoms with Crippen LogP contribution in [0.4, 0.5) is 0 Å². The van der Waals surface area contributed by atoms with Gasteiger partial charge in [-0.05, 0) is 24.5 Å². The molecule has 0 saturated heterocycles. The molecular weight excluding hydrogens is 314 g/mol. The minimum atomic E-state index is -1.54. The lowest BCUT2D eigenvalue weighted by atomic mass is 10.0. The number of quaternary nitrogens is 1. The molecular formula is C16H18N3O5-. The molecule has 8 nitrogen and oxygen atoms in total. The van der Waals surface area contributed by atoms with Gasteiger partial charge < -0.3 is 35.8 Å². The number of carboxylic acid groups (broad SMARTS) is 2. The minimum Gasteiger partial charge on any atom is -0.550 e. The van der Waals surface area contributed by atoms with Crippen LogP contribution in [0.5, 0.6) is 0 Å². The van der Waals surface area contributed by atoms with Gasteiger partial charge in [-0.25, -0.2) is 0 Å². The Morgan fingerprint density at radius 1 is 1.21 bits per heavy atom. The molecule has 1 heterocycles. The van der Waals surface area contributed by atoms with Crippen molar-refractivity contribution in [3.8, 4) is 0 Å². The summed E-state index contributed by atoms with van der Waals surface area (Å²) in [7, 11) is 0. The number of hydrogen-bond acceptors (Lipinski definition) is 5. The van der Waals surface area contributed by atoms with Gasteiger partial charge in [0, 0.05) is 29.5 Å². The lowest BCUT2D eigenvalue weighted by molar-refractivity contribution is -0.403. The van der Waals surface area contributed by atoms with E-state index in [1.54, 1.807) is 6.20 Å². The zero-order chi connectivity index (χ0) is 17.7. The highest BCUT2D eigenvalue weighted by molar-refractivity contribution is 5.87. The first-order valence-corrected chi connectivity index (χ1v) is 7.47. The molecule has 0 aliphatic rings. The average Bonchev–Trinajstić information content (AvgIpc) is 2.94. The van der Waals surface area contributed by atoms with Gasteiger partial charge in [0.05, 0.1) is 12.0 Å². The SMILES string of the molecule is [NH3+][C@@H](Cc1c[nH]c2ccccc12)C(=O)N[C@@H](CCC(=O)[O-])C(=O)[O-]. The van der Waals surface area contributed by atoms with Gasteiger partial charge in [-0.15, -0.1) is 0 Å². The molecule has 128 valence electrons. The molecule has 0 spiro atoms. The van der Waals surface area contributed by atoms with Crippen LogP contribution in [-0.4, -0.2) is 34.9 Å². The van der Waals surface area contributed by atoms with E-state index in [9.17, 15) is 24.6 Å². The summed E-state index contributed by atoms with van der Waals surface area (Å²) >= 11 is 0. The highest BCUT2D eigenvalue weighted by Crippen LogP contribution is 2.18. The number of aromatic amines is 1. The predicted molar refractivity (Wildman–Crippen MR) is 79.9 cm³/mol. The minimum absolute atomic E-state index is 0.295. The van der Waals surface area contributed by atoms with Crippen LogP contribution in [0.15, 0.2) is 30.5 Å². The van der Waals surface area contributed by atoms with Gasteiger partial charge in [0.2, 0.25) is 0 Å². The number of H-pyrrole nitrogens is 1. The molecule has 0 aliphatic carbocycles. The number of hydrogen-bond donors (Lipinski definition) is 3. The zero-order valence-electron chi connectivity index (χ0n) is 12.9. The van der Waals surface area contributed by atoms with E-state index in [0.29, 0.717) is 6.42 Å². The standard InChI is InChI=1S/C16H19N3O5/c17-11(7-9-8-18-12-4-2-1-3-10(9)12)15(22)19-13(16(23)24)5-6-14(20)21/h1-4,8,11,13,18H,5-7,17H2,(H,19,22)(H,20,21)(H,23,24)/p-1/t11-,13-/m0/s1. The Morgan fingerprint density at radius 2 is 1.92 bits per heavy atom. The van der Waals surface area contributed by atoms with Crippen LogP contribution < -0.4 is 21.3 Å². The van der Waals surface area contributed by atoms with E-state index in [0.717, 1.165) is 16.5 Å². The molecule has 0 bridgehead atoms. The van der Waals surface area contributed by atoms with Crippen molar-refractivity contribution in [2.45, 2.75) is 31.3 Å². The predicted octanol–water partition coefficient (Wildman–Crippen LogP) is -2.91. The van der Waals surface area contributed by atoms with Crippen molar-refractivity contribution in [1.29, 1.82) is 0 Å². The summed E-state index contributed by atoms with van der Waals surface area (Å²) in [5.74, 6) is -3.50. The molecule has 0 saturated carbocycles. The Morgan fingerprint density at radius 3 is 2.58 bits per heavy atom. The van der Waals surface area contributed by atoms with Crippen LogP contribution in [0.3, 0.4) is 0 Å². The maximum absolute atomic E-state index is 12.1. The first-order chi connectivity index (χ1) is 11.4. The van der Waals surface area contributed by atoms with Crippen molar-refractivity contribution in [2.75, 3.05) is 0 Å². The molecule has 0 aliphatic heterocycles. The number of para-hydroxylation sites is 1. The fraction of sp³-hybridized carbons (Fsp3) is 0.312. The highest BCUT2D eigenvalue weighted by Gasteiger charge is 2.23. The maximum atomic E-state index is 12.1. The number of carboxylic acids is 2. The number of carbonyl (C=O) groups is 3. The molecule has 0 unspecified atom stereocenters. The van der Waals surface area contributed by atoms with E-state index in [2.05, 4.69) is 16.0 Å². The molecule has 0 radical (unpaired) electrons. The van der Waals surface area contributed by atoms with E-state index in [4.69, 9.17) is 0 Å². The summed E-state index contributed by atoms with van der Waals surface area (Å²) in [6.45, 7) is 0. The molecule has 2 rings (SSSR count). The monoisotopic (exact) mass is 332 g/mol. The largest absolute Gasteiger partial charge is 0.550 e. The third-order valence-electron chi connectivity index (χ3n) is 3.75. The molecule has 8 heteroatoms. The Bertz CT molecular complexity index is 755. The van der Waals surface area contributed by atoms with Crippen LogP contribution in [-0.2, 0) is 20.8 Å². The fourth-order valence-electron chi connectivity index (χ4n) is 2.46. The molecule has 2 aromatic rings. The molecule has 0 fully saturated rings. The van der Waals surface area contributed by atoms with Crippen molar-refractivity contribution in [1.82, 2.24) is 10.3 Å². The molecule has 1 aromatic carbocycles. The molecule has 1 aromatic heterocycles. The van der Waals surface area contributed by atoms with Gasteiger partial charge in [0.15, 0.2) is 6.04 Å². The average molecular weight is 332 g/mol. The van der Waals surface area contributed by atoms with E-state index >= 15 is 0 Å². The van der Waals surface area contributed by atoms with Crippen LogP contribution >= 0.6 is 0 Å².